The summed E-state index contributed by atoms with van der Waals surface area (Å²) >= 11 is 0. The van der Waals surface area contributed by atoms with Crippen molar-refractivity contribution in [1.29, 1.82) is 0 Å². The number of hydrogen-bond donors (Lipinski definition) is 0. The van der Waals surface area contributed by atoms with E-state index in [0.29, 0.717) is 0 Å². The van der Waals surface area contributed by atoms with E-state index in [1.807, 2.05) is 6.07 Å². The Balaban J connectivity index is 2.47. The third-order valence-electron chi connectivity index (χ3n) is 3.20. The molecule has 2 heteroatoms. The normalized spacial score (nSPS) is 24.3. The van der Waals surface area contributed by atoms with Crippen LogP contribution in [0.15, 0.2) is 18.2 Å². The molecule has 1 aliphatic rings. The molecule has 1 aliphatic heterocycles. The van der Waals surface area contributed by atoms with Gasteiger partial charge in [0, 0.05) is 0 Å². The monoisotopic (exact) mass is 220 g/mol. The van der Waals surface area contributed by atoms with Crippen LogP contribution in [0.1, 0.15) is 38.8 Å². The maximum atomic E-state index is 5.48. The van der Waals surface area contributed by atoms with Crippen molar-refractivity contribution in [1.82, 2.24) is 0 Å². The topological polar surface area (TPSA) is 21.8 Å². The molecule has 0 amide bonds. The molecule has 0 aromatic heterocycles. The van der Waals surface area contributed by atoms with Gasteiger partial charge in [-0.2, -0.15) is 0 Å². The minimum absolute atomic E-state index is 0.0632. The largest absolute Gasteiger partial charge is 0.496 e. The average molecular weight is 220 g/mol. The number of ether oxygens (including phenoxy) is 2. The van der Waals surface area contributed by atoms with Crippen LogP contribution < -0.4 is 4.74 Å². The Morgan fingerprint density at radius 2 is 1.94 bits per heavy atom. The highest BCUT2D eigenvalue weighted by Crippen LogP contribution is 2.41. The fourth-order valence-electron chi connectivity index (χ4n) is 1.90. The van der Waals surface area contributed by atoms with Gasteiger partial charge in [0.25, 0.3) is 0 Å². The van der Waals surface area contributed by atoms with E-state index in [1.54, 1.807) is 7.11 Å². The molecule has 1 fully saturated rings. The second-order valence-corrected chi connectivity index (χ2v) is 5.68. The van der Waals surface area contributed by atoms with Crippen LogP contribution in [-0.2, 0) is 15.8 Å². The predicted octanol–water partition coefficient (Wildman–Crippen LogP) is 3.24. The van der Waals surface area contributed by atoms with Crippen LogP contribution in [0.4, 0.5) is 0 Å². The van der Waals surface area contributed by atoms with E-state index in [1.165, 1.54) is 11.1 Å². The lowest BCUT2D eigenvalue weighted by Gasteiger charge is -2.23. The minimum atomic E-state index is -0.0632. The van der Waals surface area contributed by atoms with E-state index in [4.69, 9.17) is 9.47 Å². The van der Waals surface area contributed by atoms with Crippen LogP contribution in [0.2, 0.25) is 0 Å². The van der Waals surface area contributed by atoms with Crippen LogP contribution in [-0.4, -0.2) is 13.7 Å². The zero-order valence-corrected chi connectivity index (χ0v) is 10.8. The second-order valence-electron chi connectivity index (χ2n) is 5.68. The first kappa shape index (κ1) is 11.5. The molecule has 0 saturated carbocycles. The van der Waals surface area contributed by atoms with Crippen LogP contribution >= 0.6 is 0 Å². The maximum absolute atomic E-state index is 5.48. The fourth-order valence-corrected chi connectivity index (χ4v) is 1.90. The highest BCUT2D eigenvalue weighted by atomic mass is 16.6. The molecule has 1 aromatic rings. The lowest BCUT2D eigenvalue weighted by atomic mass is 9.84. The van der Waals surface area contributed by atoms with Crippen molar-refractivity contribution in [2.24, 2.45) is 0 Å². The number of methoxy groups -OCH3 is 1. The molecule has 1 saturated heterocycles. The minimum Gasteiger partial charge on any atom is -0.496 e. The molecular weight excluding hydrogens is 200 g/mol. The molecule has 88 valence electrons. The fraction of sp³-hybridized carbons (Fsp3) is 0.571. The molecular formula is C14H20O2. The average Bonchev–Trinajstić information content (AvgIpc) is 2.95. The van der Waals surface area contributed by atoms with E-state index in [2.05, 4.69) is 39.8 Å². The smallest absolute Gasteiger partial charge is 0.122 e. The number of benzene rings is 1. The third-order valence-corrected chi connectivity index (χ3v) is 3.20. The van der Waals surface area contributed by atoms with E-state index in [0.717, 1.165) is 12.4 Å². The van der Waals surface area contributed by atoms with Crippen molar-refractivity contribution in [2.45, 2.75) is 38.7 Å². The van der Waals surface area contributed by atoms with Crippen molar-refractivity contribution in [2.75, 3.05) is 13.7 Å². The Morgan fingerprint density at radius 1 is 1.31 bits per heavy atom. The van der Waals surface area contributed by atoms with Gasteiger partial charge in [-0.05, 0) is 35.6 Å². The number of hydrogen-bond acceptors (Lipinski definition) is 2. The zero-order chi connectivity index (χ0) is 12.0. The molecule has 1 heterocycles. The summed E-state index contributed by atoms with van der Waals surface area (Å²) < 4.78 is 10.9. The Kier molecular flexibility index (Phi) is 2.50. The lowest BCUT2D eigenvalue weighted by Crippen LogP contribution is -2.14. The summed E-state index contributed by atoms with van der Waals surface area (Å²) in [5.41, 5.74) is 2.52. The Hall–Kier alpha value is -1.02. The lowest BCUT2D eigenvalue weighted by molar-refractivity contribution is 0.328. The van der Waals surface area contributed by atoms with Gasteiger partial charge in [0.05, 0.1) is 13.7 Å². The van der Waals surface area contributed by atoms with Gasteiger partial charge >= 0.3 is 0 Å². The van der Waals surface area contributed by atoms with Crippen molar-refractivity contribution < 1.29 is 9.47 Å². The summed E-state index contributed by atoms with van der Waals surface area (Å²) in [4.78, 5) is 0. The Labute approximate surface area is 97.6 Å². The second kappa shape index (κ2) is 3.49. The van der Waals surface area contributed by atoms with E-state index in [9.17, 15) is 0 Å². The summed E-state index contributed by atoms with van der Waals surface area (Å²) in [5.74, 6) is 0.959. The Bertz CT molecular complexity index is 398. The third kappa shape index (κ3) is 1.94. The van der Waals surface area contributed by atoms with Crippen molar-refractivity contribution in [3.63, 3.8) is 0 Å². The summed E-state index contributed by atoms with van der Waals surface area (Å²) in [6, 6.07) is 6.36. The SMILES string of the molecule is COc1ccc(C2(C)CO2)cc1C(C)(C)C. The first-order chi connectivity index (χ1) is 7.37. The predicted molar refractivity (Wildman–Crippen MR) is 65.0 cm³/mol. The molecule has 0 spiro atoms. The van der Waals surface area contributed by atoms with Gasteiger partial charge in [-0.1, -0.05) is 26.8 Å². The summed E-state index contributed by atoms with van der Waals surface area (Å²) in [5, 5.41) is 0. The van der Waals surface area contributed by atoms with Crippen LogP contribution in [0.25, 0.3) is 0 Å². The first-order valence-corrected chi connectivity index (χ1v) is 5.70. The summed E-state index contributed by atoms with van der Waals surface area (Å²) in [6.45, 7) is 9.55. The molecule has 1 aromatic carbocycles. The summed E-state index contributed by atoms with van der Waals surface area (Å²) in [7, 11) is 1.72. The quantitative estimate of drug-likeness (QED) is 0.714. The molecule has 1 unspecified atom stereocenters. The van der Waals surface area contributed by atoms with Gasteiger partial charge in [-0.25, -0.2) is 0 Å². The Morgan fingerprint density at radius 3 is 2.38 bits per heavy atom. The standard InChI is InChI=1S/C14H20O2/c1-13(2,3)11-8-10(14(4)9-16-14)6-7-12(11)15-5/h6-8H,9H2,1-5H3. The van der Waals surface area contributed by atoms with Gasteiger partial charge < -0.3 is 9.47 Å². The molecule has 16 heavy (non-hydrogen) atoms. The highest BCUT2D eigenvalue weighted by Gasteiger charge is 2.41. The van der Waals surface area contributed by atoms with Gasteiger partial charge in [-0.3, -0.25) is 0 Å². The van der Waals surface area contributed by atoms with Gasteiger partial charge in [0.15, 0.2) is 0 Å². The van der Waals surface area contributed by atoms with E-state index < -0.39 is 0 Å². The van der Waals surface area contributed by atoms with Crippen LogP contribution in [0.5, 0.6) is 5.75 Å². The summed E-state index contributed by atoms with van der Waals surface area (Å²) in [6.07, 6.45) is 0. The molecule has 0 bridgehead atoms. The first-order valence-electron chi connectivity index (χ1n) is 5.70. The van der Waals surface area contributed by atoms with E-state index in [-0.39, 0.29) is 11.0 Å². The van der Waals surface area contributed by atoms with Gasteiger partial charge in [0.2, 0.25) is 0 Å². The van der Waals surface area contributed by atoms with Crippen molar-refractivity contribution in [3.05, 3.63) is 29.3 Å². The van der Waals surface area contributed by atoms with Gasteiger partial charge in [-0.15, -0.1) is 0 Å². The van der Waals surface area contributed by atoms with Crippen LogP contribution in [0.3, 0.4) is 0 Å². The molecule has 0 radical (unpaired) electrons. The molecule has 2 nitrogen and oxygen atoms in total. The van der Waals surface area contributed by atoms with E-state index >= 15 is 0 Å². The number of rotatable bonds is 2. The van der Waals surface area contributed by atoms with Crippen molar-refractivity contribution >= 4 is 0 Å². The van der Waals surface area contributed by atoms with Gasteiger partial charge in [0.1, 0.15) is 11.4 Å². The highest BCUT2D eigenvalue weighted by molar-refractivity contribution is 5.44. The molecule has 2 rings (SSSR count). The molecule has 0 aliphatic carbocycles. The van der Waals surface area contributed by atoms with Crippen LogP contribution in [0, 0.1) is 0 Å². The number of epoxide rings is 1. The molecule has 1 atom stereocenters. The van der Waals surface area contributed by atoms with Crippen molar-refractivity contribution in [3.8, 4) is 5.75 Å². The zero-order valence-electron chi connectivity index (χ0n) is 10.8. The maximum Gasteiger partial charge on any atom is 0.122 e. The molecule has 0 N–H and O–H groups in total.